The quantitative estimate of drug-likeness (QED) is 0.362. The molecule has 0 radical (unpaired) electrons. The van der Waals surface area contributed by atoms with Gasteiger partial charge in [0, 0.05) is 29.2 Å². The highest BCUT2D eigenvalue weighted by Crippen LogP contribution is 2.40. The molecule has 2 heterocycles. The Hall–Kier alpha value is -3.64. The minimum absolute atomic E-state index is 0.227. The number of H-pyrrole nitrogens is 1. The van der Waals surface area contributed by atoms with E-state index in [9.17, 15) is 4.79 Å². The van der Waals surface area contributed by atoms with Crippen LogP contribution >= 0.6 is 11.6 Å². The van der Waals surface area contributed by atoms with E-state index >= 15 is 0 Å². The molecule has 4 aromatic rings. The Labute approximate surface area is 203 Å². The Bertz CT molecular complexity index is 1360. The molecule has 1 aliphatic rings. The summed E-state index contributed by atoms with van der Waals surface area (Å²) in [5.41, 5.74) is 6.10. The fraction of sp³-hybridized carbons (Fsp3) is 0.222. The monoisotopic (exact) mass is 475 g/mol. The maximum atomic E-state index is 13.6. The van der Waals surface area contributed by atoms with Gasteiger partial charge in [-0.25, -0.2) is 4.79 Å². The molecule has 2 N–H and O–H groups in total. The van der Waals surface area contributed by atoms with Crippen LogP contribution in [-0.2, 0) is 6.42 Å². The van der Waals surface area contributed by atoms with Crippen molar-refractivity contribution in [3.8, 4) is 11.5 Å². The third-order valence-electron chi connectivity index (χ3n) is 6.40. The number of methoxy groups -OCH3 is 2. The molecule has 0 saturated heterocycles. The average Bonchev–Trinajstić information content (AvgIpc) is 3.23. The van der Waals surface area contributed by atoms with Crippen LogP contribution in [0.5, 0.6) is 11.5 Å². The van der Waals surface area contributed by atoms with Gasteiger partial charge in [-0.1, -0.05) is 59.6 Å². The fourth-order valence-electron chi connectivity index (χ4n) is 4.70. The molecule has 0 aliphatic carbocycles. The first kappa shape index (κ1) is 22.2. The molecule has 6 nitrogen and oxygen atoms in total. The Kier molecular flexibility index (Phi) is 5.84. The lowest BCUT2D eigenvalue weighted by molar-refractivity contribution is 0.193. The van der Waals surface area contributed by atoms with Gasteiger partial charge in [-0.05, 0) is 36.6 Å². The number of carbonyl (C=O) groups is 1. The third kappa shape index (κ3) is 3.84. The second kappa shape index (κ2) is 8.95. The second-order valence-corrected chi connectivity index (χ2v) is 8.84. The average molecular weight is 476 g/mol. The summed E-state index contributed by atoms with van der Waals surface area (Å²) in [6.45, 7) is 2.63. The molecule has 0 unspecified atom stereocenters. The number of hydrogen-bond acceptors (Lipinski definition) is 3. The number of hydrogen-bond donors (Lipinski definition) is 2. The van der Waals surface area contributed by atoms with Crippen molar-refractivity contribution in [2.24, 2.45) is 0 Å². The number of carbonyl (C=O) groups excluding carboxylic acids is 1. The largest absolute Gasteiger partial charge is 0.495 e. The van der Waals surface area contributed by atoms with Crippen LogP contribution < -0.4 is 14.8 Å². The lowest BCUT2D eigenvalue weighted by atomic mass is 9.92. The summed E-state index contributed by atoms with van der Waals surface area (Å²) < 4.78 is 10.8. The number of fused-ring (bicyclic) bond motifs is 3. The van der Waals surface area contributed by atoms with Crippen molar-refractivity contribution in [3.63, 3.8) is 0 Å². The van der Waals surface area contributed by atoms with Gasteiger partial charge in [-0.15, -0.1) is 0 Å². The van der Waals surface area contributed by atoms with Crippen LogP contribution in [0.2, 0.25) is 5.02 Å². The molecule has 34 heavy (non-hydrogen) atoms. The number of ether oxygens (including phenoxy) is 2. The van der Waals surface area contributed by atoms with Gasteiger partial charge in [-0.3, -0.25) is 0 Å². The van der Waals surface area contributed by atoms with Crippen LogP contribution in [0.15, 0.2) is 60.7 Å². The van der Waals surface area contributed by atoms with Crippen LogP contribution in [0.1, 0.15) is 28.4 Å². The van der Waals surface area contributed by atoms with E-state index in [1.165, 1.54) is 23.6 Å². The molecule has 7 heteroatoms. The van der Waals surface area contributed by atoms with E-state index in [-0.39, 0.29) is 12.1 Å². The third-order valence-corrected chi connectivity index (χ3v) is 6.70. The lowest BCUT2D eigenvalue weighted by Gasteiger charge is -2.36. The van der Waals surface area contributed by atoms with Gasteiger partial charge in [0.2, 0.25) is 0 Å². The minimum Gasteiger partial charge on any atom is -0.495 e. The predicted octanol–water partition coefficient (Wildman–Crippen LogP) is 6.33. The highest BCUT2D eigenvalue weighted by molar-refractivity contribution is 6.32. The van der Waals surface area contributed by atoms with Gasteiger partial charge in [0.1, 0.15) is 11.5 Å². The summed E-state index contributed by atoms with van der Waals surface area (Å²) in [6.07, 6.45) is 0.760. The van der Waals surface area contributed by atoms with Gasteiger partial charge in [0.05, 0.1) is 31.0 Å². The number of aromatic amines is 1. The maximum absolute atomic E-state index is 13.6. The highest BCUT2D eigenvalue weighted by Gasteiger charge is 2.35. The highest BCUT2D eigenvalue weighted by atomic mass is 35.5. The number of urea groups is 1. The van der Waals surface area contributed by atoms with E-state index in [0.717, 1.165) is 23.2 Å². The molecule has 1 atom stereocenters. The number of benzene rings is 3. The van der Waals surface area contributed by atoms with E-state index in [2.05, 4.69) is 59.7 Å². The molecular weight excluding hydrogens is 450 g/mol. The van der Waals surface area contributed by atoms with E-state index in [4.69, 9.17) is 21.1 Å². The van der Waals surface area contributed by atoms with Crippen molar-refractivity contribution in [2.75, 3.05) is 26.1 Å². The first-order valence-corrected chi connectivity index (χ1v) is 11.5. The van der Waals surface area contributed by atoms with Crippen LogP contribution in [-0.4, -0.2) is 36.7 Å². The molecule has 2 amide bonds. The van der Waals surface area contributed by atoms with Gasteiger partial charge in [-0.2, -0.15) is 0 Å². The smallest absolute Gasteiger partial charge is 0.322 e. The standard InChI is InChI=1S/C27H26ClN3O3/c1-16-8-10-17(11-9-16)26-25-19(18-6-4-5-7-21(18)29-25)12-13-31(26)27(32)30-22-14-20(28)23(33-2)15-24(22)34-3/h4-11,14-15,26,29H,12-13H2,1-3H3,(H,30,32)/t26-/m0/s1. The summed E-state index contributed by atoms with van der Waals surface area (Å²) in [5.74, 6) is 0.958. The van der Waals surface area contributed by atoms with Crippen molar-refractivity contribution in [1.82, 2.24) is 9.88 Å². The zero-order chi connectivity index (χ0) is 23.8. The van der Waals surface area contributed by atoms with Crippen molar-refractivity contribution >= 4 is 34.2 Å². The molecule has 1 aliphatic heterocycles. The first-order chi connectivity index (χ1) is 16.5. The van der Waals surface area contributed by atoms with Gasteiger partial charge in [0.15, 0.2) is 0 Å². The number of halogens is 1. The topological polar surface area (TPSA) is 66.6 Å². The number of aryl methyl sites for hydroxylation is 1. The van der Waals surface area contributed by atoms with E-state index in [1.807, 2.05) is 11.0 Å². The first-order valence-electron chi connectivity index (χ1n) is 11.2. The van der Waals surface area contributed by atoms with Crippen LogP contribution in [0.3, 0.4) is 0 Å². The summed E-state index contributed by atoms with van der Waals surface area (Å²) in [6, 6.07) is 19.5. The van der Waals surface area contributed by atoms with Crippen molar-refractivity contribution < 1.29 is 14.3 Å². The number of rotatable bonds is 4. The molecular formula is C27H26ClN3O3. The lowest BCUT2D eigenvalue weighted by Crippen LogP contribution is -2.43. The van der Waals surface area contributed by atoms with Crippen molar-refractivity contribution in [2.45, 2.75) is 19.4 Å². The molecule has 3 aromatic carbocycles. The molecule has 5 rings (SSSR count). The second-order valence-electron chi connectivity index (χ2n) is 8.44. The Morgan fingerprint density at radius 1 is 1.06 bits per heavy atom. The fourth-order valence-corrected chi connectivity index (χ4v) is 4.94. The Morgan fingerprint density at radius 2 is 1.79 bits per heavy atom. The predicted molar refractivity (Wildman–Crippen MR) is 135 cm³/mol. The number of nitrogens with one attached hydrogen (secondary N) is 2. The number of amides is 2. The van der Waals surface area contributed by atoms with Crippen molar-refractivity contribution in [1.29, 1.82) is 0 Å². The molecule has 0 fully saturated rings. The minimum atomic E-state index is -0.253. The Balaban J connectivity index is 1.56. The number of aromatic nitrogens is 1. The molecule has 0 bridgehead atoms. The van der Waals surface area contributed by atoms with Gasteiger partial charge >= 0.3 is 6.03 Å². The van der Waals surface area contributed by atoms with Gasteiger partial charge < -0.3 is 24.7 Å². The van der Waals surface area contributed by atoms with Crippen molar-refractivity contribution in [3.05, 3.63) is 88.1 Å². The molecule has 174 valence electrons. The zero-order valence-electron chi connectivity index (χ0n) is 19.3. The summed E-state index contributed by atoms with van der Waals surface area (Å²) in [5, 5.41) is 4.61. The molecule has 1 aromatic heterocycles. The summed E-state index contributed by atoms with van der Waals surface area (Å²) in [4.78, 5) is 19.1. The maximum Gasteiger partial charge on any atom is 0.322 e. The molecule has 0 spiro atoms. The summed E-state index contributed by atoms with van der Waals surface area (Å²) >= 11 is 6.33. The zero-order valence-corrected chi connectivity index (χ0v) is 20.1. The van der Waals surface area contributed by atoms with Crippen LogP contribution in [0.25, 0.3) is 10.9 Å². The number of nitrogens with zero attached hydrogens (tertiary/aromatic N) is 1. The van der Waals surface area contributed by atoms with Crippen LogP contribution in [0, 0.1) is 6.92 Å². The van der Waals surface area contributed by atoms with E-state index in [1.54, 1.807) is 19.2 Å². The Morgan fingerprint density at radius 3 is 2.53 bits per heavy atom. The van der Waals surface area contributed by atoms with E-state index in [0.29, 0.717) is 28.8 Å². The summed E-state index contributed by atoms with van der Waals surface area (Å²) in [7, 11) is 3.09. The SMILES string of the molecule is COc1cc(OC)c(NC(=O)N2CCc3c([nH]c4ccccc34)[C@@H]2c2ccc(C)cc2)cc1Cl. The molecule has 0 saturated carbocycles. The van der Waals surface area contributed by atoms with Crippen LogP contribution in [0.4, 0.5) is 10.5 Å². The normalized spacial score (nSPS) is 15.2. The van der Waals surface area contributed by atoms with Gasteiger partial charge in [0.25, 0.3) is 0 Å². The van der Waals surface area contributed by atoms with E-state index < -0.39 is 0 Å². The number of anilines is 1. The number of para-hydroxylation sites is 1.